The van der Waals surface area contributed by atoms with Gasteiger partial charge in [0.2, 0.25) is 11.8 Å². The summed E-state index contributed by atoms with van der Waals surface area (Å²) >= 11 is 0. The van der Waals surface area contributed by atoms with Crippen LogP contribution in [-0.4, -0.2) is 216 Å². The standard InChI is InChI=1S/C62H118N2O20/c1-4-6-8-10-12-14-16-18-20-21-22-23-25-27-29-31-33-35-37-45(69)59(78)64-43(50(70)44(68)36-34-32-30-28-26-24-19-17-15-13-11-9-7-5-2)40-79-62-58(84-61-57(77)55(75)52(72)47(39-66)82-61)56(76)53(73)48(83-62)41-80-60-49(63-42(3)67)54(74)51(71)46(38-65)81-60/h43-58,60-62,65-66,68-77H,4-41H2,1-3H3,(H,63,67)(H,64,78)/t43-,44+,45+,46+,47+,48+,49+,50-,51-,52-,53-,54+,55-,56-,57+,58+,60+,61+,62-/m0/s1. The number of aliphatic hydroxyl groups is 12. The van der Waals surface area contributed by atoms with E-state index in [1.54, 1.807) is 0 Å². The molecule has 84 heavy (non-hydrogen) atoms. The van der Waals surface area contributed by atoms with Crippen LogP contribution >= 0.6 is 0 Å². The molecule has 0 aliphatic carbocycles. The van der Waals surface area contributed by atoms with Crippen LogP contribution in [0.1, 0.15) is 239 Å². The molecule has 0 spiro atoms. The Morgan fingerprint density at radius 2 is 0.845 bits per heavy atom. The molecule has 3 aliphatic rings. The average molecular weight is 1210 g/mol. The monoisotopic (exact) mass is 1210 g/mol. The summed E-state index contributed by atoms with van der Waals surface area (Å²) in [6, 6.07) is -2.82. The van der Waals surface area contributed by atoms with Crippen LogP contribution in [0, 0.1) is 0 Å². The van der Waals surface area contributed by atoms with E-state index in [9.17, 15) is 70.9 Å². The summed E-state index contributed by atoms with van der Waals surface area (Å²) in [6.07, 6.45) is 8.54. The van der Waals surface area contributed by atoms with E-state index in [-0.39, 0.29) is 12.8 Å². The van der Waals surface area contributed by atoms with E-state index in [1.165, 1.54) is 141 Å². The predicted octanol–water partition coefficient (Wildman–Crippen LogP) is 4.47. The molecule has 0 saturated carbocycles. The van der Waals surface area contributed by atoms with Gasteiger partial charge in [0.25, 0.3) is 0 Å². The molecule has 14 N–H and O–H groups in total. The lowest BCUT2D eigenvalue weighted by molar-refractivity contribution is -0.371. The van der Waals surface area contributed by atoms with Crippen LogP contribution in [0.4, 0.5) is 0 Å². The highest BCUT2D eigenvalue weighted by atomic mass is 16.8. The summed E-state index contributed by atoms with van der Waals surface area (Å²) in [4.78, 5) is 25.8. The van der Waals surface area contributed by atoms with Crippen LogP contribution in [-0.2, 0) is 38.0 Å². The minimum atomic E-state index is -2.01. The van der Waals surface area contributed by atoms with Gasteiger partial charge in [-0.25, -0.2) is 0 Å². The topological polar surface area (TPSA) is 356 Å². The van der Waals surface area contributed by atoms with Crippen molar-refractivity contribution in [2.75, 3.05) is 26.4 Å². The Hall–Kier alpha value is -1.78. The maximum Gasteiger partial charge on any atom is 0.249 e. The lowest BCUT2D eigenvalue weighted by Crippen LogP contribution is -2.66. The third-order valence-electron chi connectivity index (χ3n) is 17.0. The summed E-state index contributed by atoms with van der Waals surface area (Å²) in [6.45, 7) is 2.67. The Labute approximate surface area is 502 Å². The molecule has 19 atom stereocenters. The number of nitrogens with one attached hydrogen (secondary N) is 2. The van der Waals surface area contributed by atoms with Crippen molar-refractivity contribution in [2.24, 2.45) is 0 Å². The van der Waals surface area contributed by atoms with Crippen molar-refractivity contribution in [3.63, 3.8) is 0 Å². The van der Waals surface area contributed by atoms with Crippen molar-refractivity contribution in [3.05, 3.63) is 0 Å². The molecular weight excluding hydrogens is 1090 g/mol. The molecular formula is C62H118N2O20. The first kappa shape index (κ1) is 76.5. The van der Waals surface area contributed by atoms with Gasteiger partial charge in [0.05, 0.1) is 38.6 Å². The second-order valence-electron chi connectivity index (χ2n) is 24.3. The molecule has 3 fully saturated rings. The molecule has 0 aromatic rings. The number of carbonyl (C=O) groups is 2. The number of ether oxygens (including phenoxy) is 6. The van der Waals surface area contributed by atoms with E-state index in [0.717, 1.165) is 58.3 Å². The van der Waals surface area contributed by atoms with Gasteiger partial charge in [0.1, 0.15) is 85.4 Å². The van der Waals surface area contributed by atoms with Crippen LogP contribution in [0.5, 0.6) is 0 Å². The normalized spacial score (nSPS) is 29.8. The summed E-state index contributed by atoms with van der Waals surface area (Å²) in [5.74, 6) is -1.48. The van der Waals surface area contributed by atoms with Crippen molar-refractivity contribution in [1.82, 2.24) is 10.6 Å². The quantitative estimate of drug-likeness (QED) is 0.0374. The largest absolute Gasteiger partial charge is 0.394 e. The third kappa shape index (κ3) is 28.8. The maximum absolute atomic E-state index is 13.7. The second-order valence-corrected chi connectivity index (χ2v) is 24.3. The first-order valence-electron chi connectivity index (χ1n) is 33.0. The van der Waals surface area contributed by atoms with Gasteiger partial charge >= 0.3 is 0 Å². The molecule has 3 heterocycles. The van der Waals surface area contributed by atoms with Crippen LogP contribution < -0.4 is 10.6 Å². The van der Waals surface area contributed by atoms with E-state index in [4.69, 9.17) is 28.4 Å². The van der Waals surface area contributed by atoms with Gasteiger partial charge in [-0.3, -0.25) is 9.59 Å². The number of rotatable bonds is 49. The predicted molar refractivity (Wildman–Crippen MR) is 315 cm³/mol. The smallest absolute Gasteiger partial charge is 0.249 e. The molecule has 496 valence electrons. The van der Waals surface area contributed by atoms with Crippen LogP contribution in [0.2, 0.25) is 0 Å². The number of hydrogen-bond acceptors (Lipinski definition) is 20. The average Bonchev–Trinajstić information content (AvgIpc) is 2.44. The number of hydrogen-bond donors (Lipinski definition) is 14. The molecule has 0 aromatic carbocycles. The molecule has 0 bridgehead atoms. The van der Waals surface area contributed by atoms with Gasteiger partial charge in [-0.05, 0) is 12.8 Å². The zero-order valence-corrected chi connectivity index (χ0v) is 51.5. The molecule has 0 radical (unpaired) electrons. The van der Waals surface area contributed by atoms with Gasteiger partial charge in [-0.1, -0.05) is 219 Å². The van der Waals surface area contributed by atoms with Crippen molar-refractivity contribution in [1.29, 1.82) is 0 Å². The van der Waals surface area contributed by atoms with E-state index in [1.807, 2.05) is 0 Å². The van der Waals surface area contributed by atoms with Gasteiger partial charge in [0, 0.05) is 6.92 Å². The number of aliphatic hydroxyl groups excluding tert-OH is 12. The zero-order valence-electron chi connectivity index (χ0n) is 51.5. The Morgan fingerprint density at radius 3 is 1.29 bits per heavy atom. The molecule has 0 aromatic heterocycles. The molecule has 3 rings (SSSR count). The Morgan fingerprint density at radius 1 is 0.452 bits per heavy atom. The third-order valence-corrected chi connectivity index (χ3v) is 17.0. The fraction of sp³-hybridized carbons (Fsp3) is 0.968. The van der Waals surface area contributed by atoms with Crippen LogP contribution in [0.25, 0.3) is 0 Å². The number of carbonyl (C=O) groups excluding carboxylic acids is 2. The highest BCUT2D eigenvalue weighted by Crippen LogP contribution is 2.32. The lowest BCUT2D eigenvalue weighted by atomic mass is 9.96. The Balaban J connectivity index is 1.69. The van der Waals surface area contributed by atoms with Crippen LogP contribution in [0.15, 0.2) is 0 Å². The van der Waals surface area contributed by atoms with E-state index in [2.05, 4.69) is 24.5 Å². The maximum atomic E-state index is 13.7. The number of unbranched alkanes of at least 4 members (excludes halogenated alkanes) is 30. The van der Waals surface area contributed by atoms with E-state index in [0.29, 0.717) is 12.8 Å². The second kappa shape index (κ2) is 45.5. The Bertz CT molecular complexity index is 1640. The van der Waals surface area contributed by atoms with E-state index >= 15 is 0 Å². The summed E-state index contributed by atoms with van der Waals surface area (Å²) in [7, 11) is 0. The molecule has 3 saturated heterocycles. The molecule has 0 unspecified atom stereocenters. The highest BCUT2D eigenvalue weighted by molar-refractivity contribution is 5.80. The van der Waals surface area contributed by atoms with Crippen molar-refractivity contribution >= 4 is 11.8 Å². The first-order chi connectivity index (χ1) is 40.5. The number of amides is 2. The fourth-order valence-electron chi connectivity index (χ4n) is 11.5. The highest BCUT2D eigenvalue weighted by Gasteiger charge is 2.52. The van der Waals surface area contributed by atoms with E-state index < -0.39 is 155 Å². The van der Waals surface area contributed by atoms with Gasteiger partial charge < -0.3 is 100 Å². The summed E-state index contributed by atoms with van der Waals surface area (Å²) in [5, 5.41) is 136. The summed E-state index contributed by atoms with van der Waals surface area (Å²) < 4.78 is 35.3. The molecule has 22 nitrogen and oxygen atoms in total. The molecule has 2 amide bonds. The fourth-order valence-corrected chi connectivity index (χ4v) is 11.5. The SMILES string of the molecule is CCCCCCCCCCCCCCCCCCCC[C@@H](O)C(=O)N[C@@H](CO[C@H]1O[C@H](CO[C@@H]2O[C@H](CO)[C@H](O)[C@H](O)[C@H]2NC(C)=O)[C@H](O)[C@H](O)[C@H]1O[C@H]1O[C@H](CO)[C@H](O)[C@H](O)[C@H]1O)[C@H](O)[C@H](O)CCCCCCCCCCCCCCCC. The summed E-state index contributed by atoms with van der Waals surface area (Å²) in [5.41, 5.74) is 0. The molecule has 22 heteroatoms. The van der Waals surface area contributed by atoms with Crippen LogP contribution in [0.3, 0.4) is 0 Å². The Kier molecular flexibility index (Phi) is 41.4. The molecule has 3 aliphatic heterocycles. The van der Waals surface area contributed by atoms with Gasteiger partial charge in [0.15, 0.2) is 18.9 Å². The van der Waals surface area contributed by atoms with Gasteiger partial charge in [-0.2, -0.15) is 0 Å². The minimum Gasteiger partial charge on any atom is -0.394 e. The minimum absolute atomic E-state index is 0.130. The lowest BCUT2D eigenvalue weighted by Gasteiger charge is -2.47. The zero-order chi connectivity index (χ0) is 61.7. The first-order valence-corrected chi connectivity index (χ1v) is 33.0. The van der Waals surface area contributed by atoms with Crippen molar-refractivity contribution in [2.45, 2.75) is 355 Å². The van der Waals surface area contributed by atoms with Crippen molar-refractivity contribution < 1.29 is 99.3 Å². The van der Waals surface area contributed by atoms with Gasteiger partial charge in [-0.15, -0.1) is 0 Å². The van der Waals surface area contributed by atoms with Crippen molar-refractivity contribution in [3.8, 4) is 0 Å².